The molecule has 0 bridgehead atoms. The Hall–Kier alpha value is -1.35. The van der Waals surface area contributed by atoms with E-state index in [1.165, 1.54) is 11.1 Å². The second kappa shape index (κ2) is 6.55. The van der Waals surface area contributed by atoms with Crippen LogP contribution < -0.4 is 10.6 Å². The maximum atomic E-state index is 11.4. The zero-order valence-corrected chi connectivity index (χ0v) is 11.0. The molecule has 0 aliphatic heterocycles. The van der Waals surface area contributed by atoms with Gasteiger partial charge < -0.3 is 10.6 Å². The third kappa shape index (κ3) is 4.49. The van der Waals surface area contributed by atoms with Crippen molar-refractivity contribution in [3.05, 3.63) is 35.4 Å². The summed E-state index contributed by atoms with van der Waals surface area (Å²) in [5.41, 5.74) is 2.72. The summed E-state index contributed by atoms with van der Waals surface area (Å²) in [4.78, 5) is 11.4. The van der Waals surface area contributed by atoms with Gasteiger partial charge in [0.15, 0.2) is 0 Å². The standard InChI is InChI=1S/C15H22N2O/c1-12-4-2-3-5-13(12)8-10-16-11-9-15(18)17-14-6-7-14/h2-5,14,16H,6-11H2,1H3,(H,17,18). The van der Waals surface area contributed by atoms with Crippen LogP contribution >= 0.6 is 0 Å². The number of nitrogens with one attached hydrogen (secondary N) is 2. The predicted octanol–water partition coefficient (Wildman–Crippen LogP) is 1.80. The molecule has 2 N–H and O–H groups in total. The number of hydrogen-bond acceptors (Lipinski definition) is 2. The Kier molecular flexibility index (Phi) is 4.76. The van der Waals surface area contributed by atoms with Crippen LogP contribution in [0.2, 0.25) is 0 Å². The molecule has 0 saturated heterocycles. The highest BCUT2D eigenvalue weighted by Crippen LogP contribution is 2.18. The Labute approximate surface area is 109 Å². The highest BCUT2D eigenvalue weighted by atomic mass is 16.1. The maximum absolute atomic E-state index is 11.4. The molecule has 1 saturated carbocycles. The molecule has 0 atom stereocenters. The monoisotopic (exact) mass is 246 g/mol. The minimum absolute atomic E-state index is 0.181. The van der Waals surface area contributed by atoms with E-state index in [0.29, 0.717) is 12.5 Å². The lowest BCUT2D eigenvalue weighted by Crippen LogP contribution is -2.29. The molecular weight excluding hydrogens is 224 g/mol. The van der Waals surface area contributed by atoms with Crippen LogP contribution in [0.1, 0.15) is 30.4 Å². The van der Waals surface area contributed by atoms with E-state index in [-0.39, 0.29) is 5.91 Å². The van der Waals surface area contributed by atoms with E-state index in [2.05, 4.69) is 41.8 Å². The van der Waals surface area contributed by atoms with Crippen LogP contribution in [-0.2, 0) is 11.2 Å². The average molecular weight is 246 g/mol. The van der Waals surface area contributed by atoms with Gasteiger partial charge in [0, 0.05) is 19.0 Å². The number of benzene rings is 1. The van der Waals surface area contributed by atoms with Crippen LogP contribution in [0.15, 0.2) is 24.3 Å². The fourth-order valence-corrected chi connectivity index (χ4v) is 1.97. The number of carbonyl (C=O) groups excluding carboxylic acids is 1. The second-order valence-corrected chi connectivity index (χ2v) is 5.02. The number of rotatable bonds is 7. The molecule has 1 fully saturated rings. The van der Waals surface area contributed by atoms with E-state index in [0.717, 1.165) is 32.4 Å². The molecule has 3 nitrogen and oxygen atoms in total. The van der Waals surface area contributed by atoms with E-state index < -0.39 is 0 Å². The van der Waals surface area contributed by atoms with Crippen molar-refractivity contribution in [1.29, 1.82) is 0 Å². The van der Waals surface area contributed by atoms with E-state index in [1.54, 1.807) is 0 Å². The fourth-order valence-electron chi connectivity index (χ4n) is 1.97. The fraction of sp³-hybridized carbons (Fsp3) is 0.533. The van der Waals surface area contributed by atoms with Gasteiger partial charge in [-0.2, -0.15) is 0 Å². The Balaban J connectivity index is 1.55. The number of hydrogen-bond donors (Lipinski definition) is 2. The third-order valence-corrected chi connectivity index (χ3v) is 3.30. The zero-order valence-electron chi connectivity index (χ0n) is 11.0. The Morgan fingerprint density at radius 3 is 2.78 bits per heavy atom. The molecule has 1 aromatic rings. The van der Waals surface area contributed by atoms with Crippen molar-refractivity contribution in [2.75, 3.05) is 13.1 Å². The number of amides is 1. The number of aryl methyl sites for hydroxylation is 1. The largest absolute Gasteiger partial charge is 0.353 e. The van der Waals surface area contributed by atoms with Crippen molar-refractivity contribution >= 4 is 5.91 Å². The number of carbonyl (C=O) groups is 1. The molecular formula is C15H22N2O. The Morgan fingerprint density at radius 1 is 1.28 bits per heavy atom. The predicted molar refractivity (Wildman–Crippen MR) is 73.5 cm³/mol. The molecule has 1 aliphatic rings. The van der Waals surface area contributed by atoms with Crippen LogP contribution in [-0.4, -0.2) is 25.0 Å². The van der Waals surface area contributed by atoms with Crippen LogP contribution in [0.4, 0.5) is 0 Å². The molecule has 1 aromatic carbocycles. The minimum atomic E-state index is 0.181. The normalized spacial score (nSPS) is 14.5. The van der Waals surface area contributed by atoms with Crippen molar-refractivity contribution in [2.24, 2.45) is 0 Å². The third-order valence-electron chi connectivity index (χ3n) is 3.30. The summed E-state index contributed by atoms with van der Waals surface area (Å²) in [7, 11) is 0. The lowest BCUT2D eigenvalue weighted by atomic mass is 10.1. The highest BCUT2D eigenvalue weighted by molar-refractivity contribution is 5.76. The van der Waals surface area contributed by atoms with Gasteiger partial charge in [-0.05, 0) is 43.9 Å². The van der Waals surface area contributed by atoms with Gasteiger partial charge in [0.05, 0.1) is 0 Å². The molecule has 1 aliphatic carbocycles. The van der Waals surface area contributed by atoms with Crippen LogP contribution in [0.5, 0.6) is 0 Å². The quantitative estimate of drug-likeness (QED) is 0.720. The van der Waals surface area contributed by atoms with Crippen molar-refractivity contribution in [1.82, 2.24) is 10.6 Å². The summed E-state index contributed by atoms with van der Waals surface area (Å²) in [5.74, 6) is 0.181. The Morgan fingerprint density at radius 2 is 2.06 bits per heavy atom. The minimum Gasteiger partial charge on any atom is -0.353 e. The summed E-state index contributed by atoms with van der Waals surface area (Å²) in [6.45, 7) is 3.84. The van der Waals surface area contributed by atoms with Crippen molar-refractivity contribution < 1.29 is 4.79 Å². The van der Waals surface area contributed by atoms with E-state index >= 15 is 0 Å². The van der Waals surface area contributed by atoms with Gasteiger partial charge >= 0.3 is 0 Å². The maximum Gasteiger partial charge on any atom is 0.221 e. The van der Waals surface area contributed by atoms with Crippen molar-refractivity contribution in [2.45, 2.75) is 38.6 Å². The summed E-state index contributed by atoms with van der Waals surface area (Å²) in [6.07, 6.45) is 3.93. The van der Waals surface area contributed by atoms with Crippen molar-refractivity contribution in [3.8, 4) is 0 Å². The smallest absolute Gasteiger partial charge is 0.221 e. The van der Waals surface area contributed by atoms with E-state index in [4.69, 9.17) is 0 Å². The van der Waals surface area contributed by atoms with Crippen LogP contribution in [0.3, 0.4) is 0 Å². The molecule has 0 unspecified atom stereocenters. The van der Waals surface area contributed by atoms with Gasteiger partial charge in [-0.1, -0.05) is 24.3 Å². The summed E-state index contributed by atoms with van der Waals surface area (Å²) < 4.78 is 0. The molecule has 0 radical (unpaired) electrons. The first kappa shape index (κ1) is 13.1. The molecule has 18 heavy (non-hydrogen) atoms. The van der Waals surface area contributed by atoms with Gasteiger partial charge in [-0.3, -0.25) is 4.79 Å². The van der Waals surface area contributed by atoms with Gasteiger partial charge in [0.1, 0.15) is 0 Å². The van der Waals surface area contributed by atoms with E-state index in [9.17, 15) is 4.79 Å². The van der Waals surface area contributed by atoms with Gasteiger partial charge in [0.2, 0.25) is 5.91 Å². The molecule has 3 heteroatoms. The summed E-state index contributed by atoms with van der Waals surface area (Å²) in [5, 5.41) is 6.32. The molecule has 1 amide bonds. The lowest BCUT2D eigenvalue weighted by molar-refractivity contribution is -0.121. The lowest BCUT2D eigenvalue weighted by Gasteiger charge is -2.07. The van der Waals surface area contributed by atoms with Gasteiger partial charge in [-0.15, -0.1) is 0 Å². The first-order valence-corrected chi connectivity index (χ1v) is 6.80. The summed E-state index contributed by atoms with van der Waals surface area (Å²) >= 11 is 0. The van der Waals surface area contributed by atoms with Crippen molar-refractivity contribution in [3.63, 3.8) is 0 Å². The zero-order chi connectivity index (χ0) is 12.8. The van der Waals surface area contributed by atoms with Crippen LogP contribution in [0.25, 0.3) is 0 Å². The molecule has 2 rings (SSSR count). The van der Waals surface area contributed by atoms with Gasteiger partial charge in [-0.25, -0.2) is 0 Å². The SMILES string of the molecule is Cc1ccccc1CCNCCC(=O)NC1CC1. The van der Waals surface area contributed by atoms with Gasteiger partial charge in [0.25, 0.3) is 0 Å². The molecule has 0 spiro atoms. The molecule has 0 heterocycles. The Bertz CT molecular complexity index is 399. The average Bonchev–Trinajstić information content (AvgIpc) is 3.15. The summed E-state index contributed by atoms with van der Waals surface area (Å²) in [6, 6.07) is 8.92. The van der Waals surface area contributed by atoms with Crippen LogP contribution in [0, 0.1) is 6.92 Å². The first-order valence-electron chi connectivity index (χ1n) is 6.80. The highest BCUT2D eigenvalue weighted by Gasteiger charge is 2.22. The molecule has 0 aromatic heterocycles. The topological polar surface area (TPSA) is 41.1 Å². The second-order valence-electron chi connectivity index (χ2n) is 5.02. The van der Waals surface area contributed by atoms with E-state index in [1.807, 2.05) is 0 Å². The first-order chi connectivity index (χ1) is 8.75. The molecule has 98 valence electrons.